The molecule has 0 aromatic carbocycles. The number of morpholine rings is 1. The normalized spacial score (nSPS) is 39.7. The number of hydrogen-bond acceptors (Lipinski definition) is 4. The van der Waals surface area contributed by atoms with E-state index in [0.717, 1.165) is 63.1 Å². The predicted octanol–water partition coefficient (Wildman–Crippen LogP) is 1.93. The number of rotatable bonds is 7. The molecule has 2 amide bonds. The highest BCUT2D eigenvalue weighted by Crippen LogP contribution is 2.60. The molecule has 4 saturated carbocycles. The molecule has 2 N–H and O–H groups in total. The molecule has 5 aliphatic rings. The Morgan fingerprint density at radius 1 is 0.964 bits per heavy atom. The summed E-state index contributed by atoms with van der Waals surface area (Å²) in [6.45, 7) is 7.88. The summed E-state index contributed by atoms with van der Waals surface area (Å²) in [5.41, 5.74) is -0.168. The highest BCUT2D eigenvalue weighted by molar-refractivity contribution is 5.88. The van der Waals surface area contributed by atoms with Gasteiger partial charge in [0.2, 0.25) is 11.8 Å². The molecule has 2 atom stereocenters. The summed E-state index contributed by atoms with van der Waals surface area (Å²) >= 11 is 0. The minimum Gasteiger partial charge on any atom is -0.373 e. The van der Waals surface area contributed by atoms with Gasteiger partial charge in [0.1, 0.15) is 0 Å². The summed E-state index contributed by atoms with van der Waals surface area (Å²) < 4.78 is 5.75. The second kappa shape index (κ2) is 8.31. The molecule has 6 nitrogen and oxygen atoms in total. The highest BCUT2D eigenvalue weighted by atomic mass is 16.5. The van der Waals surface area contributed by atoms with Crippen molar-refractivity contribution in [1.82, 2.24) is 15.5 Å². The molecule has 0 spiro atoms. The molecule has 2 unspecified atom stereocenters. The molecular weight excluding hydrogens is 354 g/mol. The molecule has 6 heteroatoms. The maximum absolute atomic E-state index is 12.9. The molecule has 1 saturated heterocycles. The first-order valence-electron chi connectivity index (χ1n) is 11.3. The van der Waals surface area contributed by atoms with Crippen LogP contribution in [0.2, 0.25) is 0 Å². The van der Waals surface area contributed by atoms with Gasteiger partial charge in [-0.05, 0) is 76.5 Å². The summed E-state index contributed by atoms with van der Waals surface area (Å²) in [7, 11) is 0. The van der Waals surface area contributed by atoms with Crippen LogP contribution in [0.5, 0.6) is 0 Å². The third-order valence-electron chi connectivity index (χ3n) is 7.40. The zero-order valence-electron chi connectivity index (χ0n) is 17.5. The van der Waals surface area contributed by atoms with E-state index < -0.39 is 0 Å². The van der Waals surface area contributed by atoms with Gasteiger partial charge in [-0.1, -0.05) is 0 Å². The predicted molar refractivity (Wildman–Crippen MR) is 108 cm³/mol. The molecule has 1 heterocycles. The fourth-order valence-electron chi connectivity index (χ4n) is 6.80. The summed E-state index contributed by atoms with van der Waals surface area (Å²) in [5, 5.41) is 5.93. The number of carbonyl (C=O) groups excluding carboxylic acids is 2. The fourth-order valence-corrected chi connectivity index (χ4v) is 6.80. The Morgan fingerprint density at radius 3 is 2.11 bits per heavy atom. The zero-order chi connectivity index (χ0) is 19.7. The van der Waals surface area contributed by atoms with Gasteiger partial charge in [-0.3, -0.25) is 14.5 Å². The first-order valence-corrected chi connectivity index (χ1v) is 11.3. The lowest BCUT2D eigenvalue weighted by Gasteiger charge is -2.55. The quantitative estimate of drug-likeness (QED) is 0.651. The van der Waals surface area contributed by atoms with Crippen LogP contribution in [0.4, 0.5) is 0 Å². The monoisotopic (exact) mass is 391 g/mol. The van der Waals surface area contributed by atoms with Gasteiger partial charge in [-0.25, -0.2) is 0 Å². The van der Waals surface area contributed by atoms with E-state index in [1.54, 1.807) is 0 Å². The third-order valence-corrected chi connectivity index (χ3v) is 7.40. The number of nitrogens with zero attached hydrogens (tertiary/aromatic N) is 1. The summed E-state index contributed by atoms with van der Waals surface area (Å²) in [5.74, 6) is 2.31. The van der Waals surface area contributed by atoms with Crippen LogP contribution in [0, 0.1) is 23.2 Å². The number of nitrogens with one attached hydrogen (secondary N) is 2. The van der Waals surface area contributed by atoms with E-state index in [2.05, 4.69) is 29.4 Å². The third kappa shape index (κ3) is 4.54. The number of amides is 2. The van der Waals surface area contributed by atoms with Crippen LogP contribution in [0.15, 0.2) is 0 Å². The topological polar surface area (TPSA) is 70.7 Å². The van der Waals surface area contributed by atoms with Crippen LogP contribution < -0.4 is 10.6 Å². The molecule has 0 aromatic heterocycles. The lowest BCUT2D eigenvalue weighted by Crippen LogP contribution is -2.54. The van der Waals surface area contributed by atoms with Crippen molar-refractivity contribution >= 4 is 11.8 Å². The van der Waals surface area contributed by atoms with E-state index in [9.17, 15) is 9.59 Å². The minimum absolute atomic E-state index is 0.0678. The van der Waals surface area contributed by atoms with Gasteiger partial charge >= 0.3 is 0 Å². The van der Waals surface area contributed by atoms with Crippen molar-refractivity contribution in [2.24, 2.45) is 23.2 Å². The van der Waals surface area contributed by atoms with Crippen LogP contribution >= 0.6 is 0 Å². The lowest BCUT2D eigenvalue weighted by atomic mass is 9.49. The molecular formula is C22H37N3O3. The van der Waals surface area contributed by atoms with Crippen molar-refractivity contribution in [3.8, 4) is 0 Å². The van der Waals surface area contributed by atoms with E-state index >= 15 is 0 Å². The van der Waals surface area contributed by atoms with Gasteiger partial charge in [-0.15, -0.1) is 0 Å². The Kier molecular flexibility index (Phi) is 5.98. The molecule has 1 aliphatic heterocycles. The van der Waals surface area contributed by atoms with Gasteiger partial charge in [0, 0.05) is 31.6 Å². The average Bonchev–Trinajstić information content (AvgIpc) is 2.61. The first-order chi connectivity index (χ1) is 13.4. The number of carbonyl (C=O) groups is 2. The van der Waals surface area contributed by atoms with E-state index in [1.807, 2.05) is 0 Å². The van der Waals surface area contributed by atoms with E-state index in [-0.39, 0.29) is 36.0 Å². The fraction of sp³-hybridized carbons (Fsp3) is 0.909. The first kappa shape index (κ1) is 20.1. The number of hydrogen-bond donors (Lipinski definition) is 2. The highest BCUT2D eigenvalue weighted by Gasteiger charge is 2.54. The van der Waals surface area contributed by atoms with E-state index in [1.165, 1.54) is 19.3 Å². The van der Waals surface area contributed by atoms with Gasteiger partial charge in [-0.2, -0.15) is 0 Å². The molecule has 5 rings (SSSR count). The van der Waals surface area contributed by atoms with Gasteiger partial charge in [0.15, 0.2) is 0 Å². The Bertz CT molecular complexity index is 548. The number of ether oxygens (including phenoxy) is 1. The average molecular weight is 392 g/mol. The molecule has 28 heavy (non-hydrogen) atoms. The summed E-state index contributed by atoms with van der Waals surface area (Å²) in [6.07, 6.45) is 8.59. The second-order valence-corrected chi connectivity index (χ2v) is 10.1. The van der Waals surface area contributed by atoms with Gasteiger partial charge in [0.25, 0.3) is 0 Å². The van der Waals surface area contributed by atoms with Crippen molar-refractivity contribution in [2.45, 2.75) is 71.0 Å². The van der Waals surface area contributed by atoms with Crippen LogP contribution in [-0.2, 0) is 14.3 Å². The molecule has 5 fully saturated rings. The largest absolute Gasteiger partial charge is 0.373 e. The van der Waals surface area contributed by atoms with Crippen LogP contribution in [0.1, 0.15) is 58.8 Å². The minimum atomic E-state index is -0.168. The maximum atomic E-state index is 12.9. The van der Waals surface area contributed by atoms with Crippen LogP contribution in [0.25, 0.3) is 0 Å². The molecule has 158 valence electrons. The molecule has 4 bridgehead atoms. The van der Waals surface area contributed by atoms with Crippen LogP contribution in [-0.4, -0.2) is 61.6 Å². The van der Waals surface area contributed by atoms with E-state index in [4.69, 9.17) is 4.74 Å². The van der Waals surface area contributed by atoms with Crippen molar-refractivity contribution < 1.29 is 14.3 Å². The van der Waals surface area contributed by atoms with Gasteiger partial charge < -0.3 is 15.4 Å². The van der Waals surface area contributed by atoms with Crippen molar-refractivity contribution in [1.29, 1.82) is 0 Å². The summed E-state index contributed by atoms with van der Waals surface area (Å²) in [4.78, 5) is 27.5. The molecule has 0 aromatic rings. The second-order valence-electron chi connectivity index (χ2n) is 10.1. The SMILES string of the molecule is CC1CN(CCCNC(=O)CNC(=O)C23CC4CC(CC(C4)C2)C3)CC(C)O1. The Balaban J connectivity index is 1.14. The maximum Gasteiger partial charge on any atom is 0.239 e. The van der Waals surface area contributed by atoms with Gasteiger partial charge in [0.05, 0.1) is 18.8 Å². The van der Waals surface area contributed by atoms with Crippen LogP contribution in [0.3, 0.4) is 0 Å². The molecule has 4 aliphatic carbocycles. The smallest absolute Gasteiger partial charge is 0.239 e. The summed E-state index contributed by atoms with van der Waals surface area (Å²) in [6, 6.07) is 0. The van der Waals surface area contributed by atoms with Crippen molar-refractivity contribution in [3.63, 3.8) is 0 Å². The van der Waals surface area contributed by atoms with Crippen molar-refractivity contribution in [2.75, 3.05) is 32.7 Å². The van der Waals surface area contributed by atoms with Crippen molar-refractivity contribution in [3.05, 3.63) is 0 Å². The molecule has 0 radical (unpaired) electrons. The lowest BCUT2D eigenvalue weighted by molar-refractivity contribution is -0.147. The Labute approximate surface area is 169 Å². The standard InChI is InChI=1S/C22H37N3O3/c1-15-13-25(14-16(2)28-15)5-3-4-23-20(26)12-24-21(27)22-9-17-6-18(10-22)8-19(7-17)11-22/h15-19H,3-14H2,1-2H3,(H,23,26)(H,24,27). The Morgan fingerprint density at radius 2 is 1.54 bits per heavy atom. The Hall–Kier alpha value is -1.14. The zero-order valence-corrected chi connectivity index (χ0v) is 17.5. The van der Waals surface area contributed by atoms with E-state index in [0.29, 0.717) is 6.54 Å².